The van der Waals surface area contributed by atoms with Crippen LogP contribution < -0.4 is 11.1 Å². The van der Waals surface area contributed by atoms with Crippen LogP contribution in [-0.2, 0) is 19.4 Å². The number of nitrogens with one attached hydrogen (secondary N) is 1. The molecular weight excluding hydrogens is 325 g/mol. The minimum atomic E-state index is -3.50. The molecule has 0 bridgehead atoms. The maximum atomic E-state index is 14.1. The highest BCUT2D eigenvalue weighted by Gasteiger charge is 2.34. The van der Waals surface area contributed by atoms with Crippen molar-refractivity contribution in [1.82, 2.24) is 0 Å². The molecule has 1 aromatic rings. The van der Waals surface area contributed by atoms with Gasteiger partial charge in [0.1, 0.15) is 23.5 Å². The van der Waals surface area contributed by atoms with Crippen molar-refractivity contribution >= 4 is 27.3 Å². The van der Waals surface area contributed by atoms with Crippen LogP contribution in [0, 0.1) is 5.82 Å². The van der Waals surface area contributed by atoms with Crippen molar-refractivity contribution in [2.75, 3.05) is 24.8 Å². The SMILES string of the molecule is COCC(=O)Nc1ccc(F)c(C2CS(=O)(=O)C(C)C(N)=N2)c1. The number of carbonyl (C=O) groups is 1. The minimum absolute atomic E-state index is 0.0468. The monoisotopic (exact) mass is 343 g/mol. The maximum Gasteiger partial charge on any atom is 0.250 e. The van der Waals surface area contributed by atoms with Crippen molar-refractivity contribution in [3.05, 3.63) is 29.6 Å². The summed E-state index contributed by atoms with van der Waals surface area (Å²) in [6.07, 6.45) is 0. The van der Waals surface area contributed by atoms with Crippen LogP contribution in [0.2, 0.25) is 0 Å². The molecule has 1 aliphatic heterocycles. The molecule has 23 heavy (non-hydrogen) atoms. The number of amides is 1. The molecule has 2 rings (SSSR count). The molecule has 1 heterocycles. The number of methoxy groups -OCH3 is 1. The normalized spacial score (nSPS) is 23.2. The van der Waals surface area contributed by atoms with E-state index in [4.69, 9.17) is 10.5 Å². The Balaban J connectivity index is 2.34. The number of nitrogens with zero attached hydrogens (tertiary/aromatic N) is 1. The Morgan fingerprint density at radius 3 is 2.83 bits per heavy atom. The second-order valence-electron chi connectivity index (χ2n) is 5.26. The number of sulfone groups is 1. The van der Waals surface area contributed by atoms with Gasteiger partial charge in [0.2, 0.25) is 5.91 Å². The lowest BCUT2D eigenvalue weighted by atomic mass is 10.1. The van der Waals surface area contributed by atoms with Gasteiger partial charge < -0.3 is 15.8 Å². The zero-order valence-electron chi connectivity index (χ0n) is 12.7. The Bertz CT molecular complexity index is 748. The molecule has 7 nitrogen and oxygen atoms in total. The summed E-state index contributed by atoms with van der Waals surface area (Å²) in [4.78, 5) is 15.6. The average molecular weight is 343 g/mol. The molecule has 1 aromatic carbocycles. The number of aliphatic imine (C=N–C) groups is 1. The molecule has 0 aliphatic carbocycles. The summed E-state index contributed by atoms with van der Waals surface area (Å²) < 4.78 is 42.9. The Morgan fingerprint density at radius 2 is 2.22 bits per heavy atom. The van der Waals surface area contributed by atoms with E-state index < -0.39 is 32.9 Å². The largest absolute Gasteiger partial charge is 0.386 e. The van der Waals surface area contributed by atoms with E-state index in [-0.39, 0.29) is 23.8 Å². The highest BCUT2D eigenvalue weighted by molar-refractivity contribution is 7.92. The van der Waals surface area contributed by atoms with Crippen LogP contribution in [0.25, 0.3) is 0 Å². The lowest BCUT2D eigenvalue weighted by Crippen LogP contribution is -2.40. The average Bonchev–Trinajstić information content (AvgIpc) is 2.46. The number of carbonyl (C=O) groups excluding carboxylic acids is 1. The zero-order valence-corrected chi connectivity index (χ0v) is 13.6. The van der Waals surface area contributed by atoms with Gasteiger partial charge in [-0.15, -0.1) is 0 Å². The first kappa shape index (κ1) is 17.4. The topological polar surface area (TPSA) is 111 Å². The van der Waals surface area contributed by atoms with E-state index in [0.717, 1.165) is 6.07 Å². The zero-order chi connectivity index (χ0) is 17.2. The first-order valence-corrected chi connectivity index (χ1v) is 8.59. The Labute approximate surface area is 133 Å². The molecule has 0 aromatic heterocycles. The molecule has 2 atom stereocenters. The highest BCUT2D eigenvalue weighted by Crippen LogP contribution is 2.29. The number of ether oxygens (including phenoxy) is 1. The quantitative estimate of drug-likeness (QED) is 0.833. The summed E-state index contributed by atoms with van der Waals surface area (Å²) in [6.45, 7) is 1.30. The molecule has 1 aliphatic rings. The van der Waals surface area contributed by atoms with E-state index in [9.17, 15) is 17.6 Å². The van der Waals surface area contributed by atoms with Crippen molar-refractivity contribution in [1.29, 1.82) is 0 Å². The van der Waals surface area contributed by atoms with Crippen LogP contribution >= 0.6 is 0 Å². The van der Waals surface area contributed by atoms with E-state index in [1.807, 2.05) is 0 Å². The van der Waals surface area contributed by atoms with E-state index in [2.05, 4.69) is 10.3 Å². The third-order valence-electron chi connectivity index (χ3n) is 3.56. The van der Waals surface area contributed by atoms with Gasteiger partial charge >= 0.3 is 0 Å². The summed E-state index contributed by atoms with van der Waals surface area (Å²) in [5, 5.41) is 1.65. The van der Waals surface area contributed by atoms with Gasteiger partial charge in [0, 0.05) is 18.4 Å². The van der Waals surface area contributed by atoms with Gasteiger partial charge in [-0.25, -0.2) is 12.8 Å². The van der Waals surface area contributed by atoms with Crippen LogP contribution in [-0.4, -0.2) is 44.9 Å². The van der Waals surface area contributed by atoms with E-state index in [1.165, 1.54) is 26.2 Å². The number of nitrogens with two attached hydrogens (primary N) is 1. The van der Waals surface area contributed by atoms with Gasteiger partial charge in [-0.05, 0) is 25.1 Å². The predicted octanol–water partition coefficient (Wildman–Crippen LogP) is 0.626. The van der Waals surface area contributed by atoms with Crippen LogP contribution in [0.5, 0.6) is 0 Å². The standard InChI is InChI=1S/C14H18FN3O4S/c1-8-14(16)18-12(7-23(8,20)21)10-5-9(3-4-11(10)15)17-13(19)6-22-2/h3-5,8,12H,6-7H2,1-2H3,(H2,16,18)(H,17,19). The molecule has 2 unspecified atom stereocenters. The number of benzene rings is 1. The minimum Gasteiger partial charge on any atom is -0.386 e. The van der Waals surface area contributed by atoms with Crippen molar-refractivity contribution < 1.29 is 22.3 Å². The van der Waals surface area contributed by atoms with Crippen molar-refractivity contribution in [2.45, 2.75) is 18.2 Å². The van der Waals surface area contributed by atoms with Crippen molar-refractivity contribution in [3.63, 3.8) is 0 Å². The lowest BCUT2D eigenvalue weighted by molar-refractivity contribution is -0.119. The lowest BCUT2D eigenvalue weighted by Gasteiger charge is -2.24. The number of hydrogen-bond donors (Lipinski definition) is 2. The molecule has 0 saturated heterocycles. The molecule has 0 saturated carbocycles. The molecule has 0 fully saturated rings. The molecular formula is C14H18FN3O4S. The van der Waals surface area contributed by atoms with E-state index >= 15 is 0 Å². The Kier molecular flexibility index (Phi) is 5.00. The van der Waals surface area contributed by atoms with Gasteiger partial charge in [0.25, 0.3) is 0 Å². The van der Waals surface area contributed by atoms with Crippen LogP contribution in [0.15, 0.2) is 23.2 Å². The Morgan fingerprint density at radius 1 is 1.52 bits per heavy atom. The van der Waals surface area contributed by atoms with Crippen LogP contribution in [0.3, 0.4) is 0 Å². The second-order valence-corrected chi connectivity index (χ2v) is 7.63. The summed E-state index contributed by atoms with van der Waals surface area (Å²) >= 11 is 0. The number of hydrogen-bond acceptors (Lipinski definition) is 6. The van der Waals surface area contributed by atoms with Crippen LogP contribution in [0.4, 0.5) is 10.1 Å². The van der Waals surface area contributed by atoms with Gasteiger partial charge in [-0.3, -0.25) is 9.79 Å². The predicted molar refractivity (Wildman–Crippen MR) is 84.5 cm³/mol. The van der Waals surface area contributed by atoms with Crippen molar-refractivity contribution in [3.8, 4) is 0 Å². The van der Waals surface area contributed by atoms with E-state index in [0.29, 0.717) is 5.69 Å². The van der Waals surface area contributed by atoms with Crippen molar-refractivity contribution in [2.24, 2.45) is 10.7 Å². The summed E-state index contributed by atoms with van der Waals surface area (Å²) in [5.74, 6) is -1.39. The summed E-state index contributed by atoms with van der Waals surface area (Å²) in [5.41, 5.74) is 6.05. The second kappa shape index (κ2) is 6.63. The van der Waals surface area contributed by atoms with Gasteiger partial charge in [-0.1, -0.05) is 0 Å². The fraction of sp³-hybridized carbons (Fsp3) is 0.429. The molecule has 0 spiro atoms. The van der Waals surface area contributed by atoms with Gasteiger partial charge in [-0.2, -0.15) is 0 Å². The summed E-state index contributed by atoms with van der Waals surface area (Å²) in [7, 11) is -2.12. The number of halogens is 1. The van der Waals surface area contributed by atoms with Gasteiger partial charge in [0.15, 0.2) is 9.84 Å². The molecule has 0 radical (unpaired) electrons. The first-order chi connectivity index (χ1) is 10.7. The van der Waals surface area contributed by atoms with Gasteiger partial charge in [0.05, 0.1) is 11.8 Å². The van der Waals surface area contributed by atoms with E-state index in [1.54, 1.807) is 0 Å². The number of rotatable bonds is 4. The molecule has 126 valence electrons. The summed E-state index contributed by atoms with van der Waals surface area (Å²) in [6, 6.07) is 2.94. The van der Waals surface area contributed by atoms with Crippen LogP contribution in [0.1, 0.15) is 18.5 Å². The fourth-order valence-corrected chi connectivity index (χ4v) is 3.65. The highest BCUT2D eigenvalue weighted by atomic mass is 32.2. The fourth-order valence-electron chi connectivity index (χ4n) is 2.23. The molecule has 9 heteroatoms. The first-order valence-electron chi connectivity index (χ1n) is 6.87. The smallest absolute Gasteiger partial charge is 0.250 e. The molecule has 3 N–H and O–H groups in total. The molecule has 1 amide bonds. The third kappa shape index (κ3) is 3.85. The number of anilines is 1. The third-order valence-corrected chi connectivity index (χ3v) is 5.66. The maximum absolute atomic E-state index is 14.1. The Hall–Kier alpha value is -2.00. The number of amidine groups is 1.